The van der Waals surface area contributed by atoms with Crippen LogP contribution in [0.2, 0.25) is 0 Å². The Hall–Kier alpha value is -3.88. The van der Waals surface area contributed by atoms with Crippen LogP contribution in [-0.4, -0.2) is 67.7 Å². The first kappa shape index (κ1) is 29.6. The van der Waals surface area contributed by atoms with Gasteiger partial charge in [-0.1, -0.05) is 30.3 Å². The van der Waals surface area contributed by atoms with Crippen LogP contribution in [0.15, 0.2) is 53.6 Å². The molecule has 6 atom stereocenters. The van der Waals surface area contributed by atoms with E-state index in [9.17, 15) is 19.3 Å². The Bertz CT molecular complexity index is 1710. The minimum absolute atomic E-state index is 0.0536. The maximum Gasteiger partial charge on any atom is 0.459 e. The number of fused-ring (bicyclic) bond motifs is 2. The number of halogens is 1. The third-order valence-corrected chi connectivity index (χ3v) is 8.07. The van der Waals surface area contributed by atoms with E-state index in [-0.39, 0.29) is 22.9 Å². The minimum atomic E-state index is -4.36. The first-order chi connectivity index (χ1) is 19.9. The zero-order chi connectivity index (χ0) is 30.2. The van der Waals surface area contributed by atoms with Crippen LogP contribution in [0.5, 0.6) is 5.75 Å². The second-order valence-corrected chi connectivity index (χ2v) is 11.7. The molecule has 5 N–H and O–H groups in total. The van der Waals surface area contributed by atoms with E-state index in [0.717, 1.165) is 21.7 Å². The quantitative estimate of drug-likeness (QED) is 0.153. The summed E-state index contributed by atoms with van der Waals surface area (Å²) in [5.74, 6) is -0.751. The Morgan fingerprint density at radius 3 is 2.74 bits per heavy atom. The highest BCUT2D eigenvalue weighted by molar-refractivity contribution is 7.52. The molecule has 5 rings (SSSR count). The largest absolute Gasteiger partial charge is 0.462 e. The number of aliphatic hydroxyl groups excluding tert-OH is 1. The van der Waals surface area contributed by atoms with Crippen LogP contribution in [0.25, 0.3) is 21.9 Å². The number of aromatic amines is 1. The van der Waals surface area contributed by atoms with Crippen molar-refractivity contribution in [2.75, 3.05) is 12.3 Å². The molecule has 2 aromatic carbocycles. The lowest BCUT2D eigenvalue weighted by molar-refractivity contribution is -0.149. The standard InChI is InChI=1S/C26H30FN6O8P/c1-13(2)39-25(36)14(3)32-42(37,41-17-9-8-15-6-4-5-7-16(15)10-17)38-11-18-21(34)19(27)24(40-18)33-12-29-20-22(33)30-26(28)31-23(20)35/h4-10,12-14,18-19,21,24,34H,11H2,1-3H3,(H,32,37)(H3,28,30,31,35)/t14-,18+,19+,21+,24+,42?/m0/s1. The topological polar surface area (TPSA) is 193 Å². The number of alkyl halides is 1. The molecule has 0 amide bonds. The molecule has 0 saturated carbocycles. The van der Waals surface area contributed by atoms with E-state index in [1.54, 1.807) is 32.0 Å². The number of nitrogen functional groups attached to an aromatic ring is 1. The lowest BCUT2D eigenvalue weighted by Gasteiger charge is -2.25. The Balaban J connectivity index is 1.37. The molecule has 0 aliphatic carbocycles. The molecule has 42 heavy (non-hydrogen) atoms. The van der Waals surface area contributed by atoms with Gasteiger partial charge in [0.2, 0.25) is 5.95 Å². The van der Waals surface area contributed by atoms with Gasteiger partial charge < -0.3 is 24.8 Å². The lowest BCUT2D eigenvalue weighted by atomic mass is 10.1. The van der Waals surface area contributed by atoms with Crippen LogP contribution in [0, 0.1) is 0 Å². The Labute approximate surface area is 238 Å². The molecular weight excluding hydrogens is 574 g/mol. The maximum absolute atomic E-state index is 15.3. The van der Waals surface area contributed by atoms with Gasteiger partial charge in [0.1, 0.15) is 24.0 Å². The third-order valence-electron chi connectivity index (χ3n) is 6.43. The third kappa shape index (κ3) is 6.15. The number of carbonyl (C=O) groups is 1. The Kier molecular flexibility index (Phi) is 8.30. The number of H-pyrrole nitrogens is 1. The average Bonchev–Trinajstić information content (AvgIpc) is 3.47. The highest BCUT2D eigenvalue weighted by Gasteiger charge is 2.47. The van der Waals surface area contributed by atoms with Gasteiger partial charge in [0, 0.05) is 0 Å². The normalized spacial score (nSPS) is 22.8. The fraction of sp³-hybridized carbons (Fsp3) is 0.385. The number of ether oxygens (including phenoxy) is 2. The van der Waals surface area contributed by atoms with Crippen molar-refractivity contribution in [1.29, 1.82) is 0 Å². The molecule has 1 aliphatic rings. The molecule has 4 aromatic rings. The van der Waals surface area contributed by atoms with E-state index in [1.807, 2.05) is 24.3 Å². The number of nitrogens with one attached hydrogen (secondary N) is 2. The number of aromatic nitrogens is 4. The minimum Gasteiger partial charge on any atom is -0.462 e. The van der Waals surface area contributed by atoms with Gasteiger partial charge in [0.25, 0.3) is 5.56 Å². The first-order valence-corrected chi connectivity index (χ1v) is 14.6. The molecule has 2 aromatic heterocycles. The van der Waals surface area contributed by atoms with Gasteiger partial charge in [-0.25, -0.2) is 13.9 Å². The summed E-state index contributed by atoms with van der Waals surface area (Å²) >= 11 is 0. The van der Waals surface area contributed by atoms with Crippen LogP contribution in [0.3, 0.4) is 0 Å². The van der Waals surface area contributed by atoms with Crippen molar-refractivity contribution >= 4 is 41.6 Å². The summed E-state index contributed by atoms with van der Waals surface area (Å²) in [6, 6.07) is 11.3. The number of imidazole rings is 1. The fourth-order valence-electron chi connectivity index (χ4n) is 4.44. The molecule has 0 bridgehead atoms. The molecule has 1 unspecified atom stereocenters. The van der Waals surface area contributed by atoms with Crippen molar-refractivity contribution in [3.05, 3.63) is 59.1 Å². The van der Waals surface area contributed by atoms with Crippen LogP contribution < -0.4 is 20.9 Å². The molecule has 1 aliphatic heterocycles. The van der Waals surface area contributed by atoms with Gasteiger partial charge in [0.05, 0.1) is 19.0 Å². The van der Waals surface area contributed by atoms with E-state index < -0.39 is 62.6 Å². The van der Waals surface area contributed by atoms with Gasteiger partial charge in [-0.15, -0.1) is 0 Å². The molecule has 14 nitrogen and oxygen atoms in total. The lowest BCUT2D eigenvalue weighted by Crippen LogP contribution is -2.37. The number of aliphatic hydroxyl groups is 1. The van der Waals surface area contributed by atoms with Gasteiger partial charge >= 0.3 is 13.7 Å². The summed E-state index contributed by atoms with van der Waals surface area (Å²) in [4.78, 5) is 34.8. The number of benzene rings is 2. The molecule has 224 valence electrons. The van der Waals surface area contributed by atoms with Gasteiger partial charge in [-0.05, 0) is 43.7 Å². The Morgan fingerprint density at radius 1 is 1.26 bits per heavy atom. The number of rotatable bonds is 10. The average molecular weight is 605 g/mol. The summed E-state index contributed by atoms with van der Waals surface area (Å²) < 4.78 is 52.6. The SMILES string of the molecule is CC(C)OC(=O)[C@H](C)NP(=O)(OC[C@H]1O[C@@H](n2cnc3c(=O)[nH]c(N)nc32)[C@H](F)[C@@H]1O)Oc1ccc2ccccc2c1. The number of nitrogens with zero attached hydrogens (tertiary/aromatic N) is 3. The van der Waals surface area contributed by atoms with E-state index in [0.29, 0.717) is 0 Å². The number of nitrogens with two attached hydrogens (primary N) is 1. The number of esters is 1. The summed E-state index contributed by atoms with van der Waals surface area (Å²) in [7, 11) is -4.36. The van der Waals surface area contributed by atoms with E-state index >= 15 is 4.39 Å². The van der Waals surface area contributed by atoms with Gasteiger partial charge in [-0.2, -0.15) is 10.1 Å². The van der Waals surface area contributed by atoms with E-state index in [2.05, 4.69) is 20.0 Å². The zero-order valence-corrected chi connectivity index (χ0v) is 23.7. The molecule has 3 heterocycles. The monoisotopic (exact) mass is 604 g/mol. The number of hydrogen-bond donors (Lipinski definition) is 4. The summed E-state index contributed by atoms with van der Waals surface area (Å²) in [6.45, 7) is 4.14. The van der Waals surface area contributed by atoms with E-state index in [1.165, 1.54) is 6.92 Å². The van der Waals surface area contributed by atoms with Gasteiger partial charge in [-0.3, -0.25) is 23.7 Å². The zero-order valence-electron chi connectivity index (χ0n) is 22.8. The number of hydrogen-bond acceptors (Lipinski definition) is 11. The van der Waals surface area contributed by atoms with Crippen molar-refractivity contribution in [2.24, 2.45) is 0 Å². The highest BCUT2D eigenvalue weighted by Crippen LogP contribution is 2.46. The summed E-state index contributed by atoms with van der Waals surface area (Å²) in [5.41, 5.74) is 4.83. The summed E-state index contributed by atoms with van der Waals surface area (Å²) in [6.07, 6.45) is -5.83. The Morgan fingerprint density at radius 2 is 2.00 bits per heavy atom. The van der Waals surface area contributed by atoms with Crippen LogP contribution in [-0.2, 0) is 23.4 Å². The van der Waals surface area contributed by atoms with Gasteiger partial charge in [0.15, 0.2) is 23.6 Å². The molecule has 0 radical (unpaired) electrons. The molecule has 0 spiro atoms. The predicted octanol–water partition coefficient (Wildman–Crippen LogP) is 2.58. The second-order valence-electron chi connectivity index (χ2n) is 10.0. The first-order valence-electron chi connectivity index (χ1n) is 13.1. The van der Waals surface area contributed by atoms with Crippen molar-refractivity contribution in [3.63, 3.8) is 0 Å². The van der Waals surface area contributed by atoms with Crippen LogP contribution in [0.4, 0.5) is 10.3 Å². The fourth-order valence-corrected chi connectivity index (χ4v) is 5.94. The smallest absolute Gasteiger partial charge is 0.459 e. The maximum atomic E-state index is 15.3. The van der Waals surface area contributed by atoms with Crippen molar-refractivity contribution in [1.82, 2.24) is 24.6 Å². The molecular formula is C26H30FN6O8P. The highest BCUT2D eigenvalue weighted by atomic mass is 31.2. The summed E-state index contributed by atoms with van der Waals surface area (Å²) in [5, 5.41) is 14.9. The molecule has 16 heteroatoms. The second kappa shape index (κ2) is 11.8. The van der Waals surface area contributed by atoms with Crippen LogP contribution in [0.1, 0.15) is 27.0 Å². The van der Waals surface area contributed by atoms with E-state index in [4.69, 9.17) is 24.3 Å². The van der Waals surface area contributed by atoms with Crippen LogP contribution >= 0.6 is 7.75 Å². The van der Waals surface area contributed by atoms with Crippen molar-refractivity contribution in [2.45, 2.75) is 57.5 Å². The number of anilines is 1. The number of carbonyl (C=O) groups excluding carboxylic acids is 1. The molecule has 1 fully saturated rings. The van der Waals surface area contributed by atoms with Crippen molar-refractivity contribution < 1.29 is 37.4 Å². The predicted molar refractivity (Wildman–Crippen MR) is 149 cm³/mol. The van der Waals surface area contributed by atoms with Crippen molar-refractivity contribution in [3.8, 4) is 5.75 Å². The molecule has 1 saturated heterocycles.